The van der Waals surface area contributed by atoms with Gasteiger partial charge in [0, 0.05) is 22.7 Å². The number of carbonyl (C=O) groups excluding carboxylic acids is 1. The smallest absolute Gasteiger partial charge is 0.335 e. The first-order chi connectivity index (χ1) is 18.2. The van der Waals surface area contributed by atoms with Crippen molar-refractivity contribution in [2.45, 2.75) is 94.2 Å². The van der Waals surface area contributed by atoms with Crippen molar-refractivity contribution in [1.29, 1.82) is 0 Å². The van der Waals surface area contributed by atoms with Crippen molar-refractivity contribution in [3.63, 3.8) is 0 Å². The van der Waals surface area contributed by atoms with Crippen molar-refractivity contribution < 1.29 is 64.6 Å². The molecule has 5 fully saturated rings. The maximum Gasteiger partial charge on any atom is 0.335 e. The first-order valence-corrected chi connectivity index (χ1v) is 13.5. The van der Waals surface area contributed by atoms with E-state index in [1.807, 2.05) is 0 Å². The lowest BCUT2D eigenvalue weighted by Crippen LogP contribution is -2.78. The molecule has 6 aliphatic rings. The van der Waals surface area contributed by atoms with Crippen LogP contribution < -0.4 is 0 Å². The number of fused-ring (bicyclic) bond motifs is 1. The van der Waals surface area contributed by atoms with E-state index in [-0.39, 0.29) is 13.0 Å². The van der Waals surface area contributed by atoms with Crippen LogP contribution >= 0.6 is 0 Å². The molecule has 3 heterocycles. The number of hydrogen-bond donors (Lipinski definition) is 8. The molecule has 0 amide bonds. The molecular weight excluding hydrogens is 520 g/mol. The van der Waals surface area contributed by atoms with E-state index in [1.54, 1.807) is 26.8 Å². The van der Waals surface area contributed by atoms with Gasteiger partial charge in [0.2, 0.25) is 0 Å². The summed E-state index contributed by atoms with van der Waals surface area (Å²) in [6.45, 7) is 4.43. The van der Waals surface area contributed by atoms with Gasteiger partial charge >= 0.3 is 5.97 Å². The fourth-order valence-electron chi connectivity index (χ4n) is 9.22. The predicted octanol–water partition coefficient (Wildman–Crippen LogP) is -3.25. The molecule has 13 heteroatoms. The molecule has 3 saturated heterocycles. The monoisotopic (exact) mass is 558 g/mol. The highest BCUT2D eigenvalue weighted by molar-refractivity contribution is 5.76. The number of carbonyl (C=O) groups is 1. The summed E-state index contributed by atoms with van der Waals surface area (Å²) in [6.07, 6.45) is -12.1. The number of hydrogen-bond acceptors (Lipinski definition) is 13. The number of rotatable bonds is 3. The molecule has 6 rings (SSSR count). The Bertz CT molecular complexity index is 1050. The van der Waals surface area contributed by atoms with Gasteiger partial charge in [0.05, 0.1) is 19.3 Å². The summed E-state index contributed by atoms with van der Waals surface area (Å²) in [5, 5.41) is 86.6. The minimum atomic E-state index is -2.13. The van der Waals surface area contributed by atoms with Crippen LogP contribution in [-0.2, 0) is 23.7 Å². The van der Waals surface area contributed by atoms with Crippen LogP contribution in [0.2, 0.25) is 0 Å². The van der Waals surface area contributed by atoms with Gasteiger partial charge in [0.15, 0.2) is 18.2 Å². The van der Waals surface area contributed by atoms with E-state index in [1.165, 1.54) is 0 Å². The normalized spacial score (nSPS) is 60.2. The summed E-state index contributed by atoms with van der Waals surface area (Å²) in [7, 11) is 0. The highest BCUT2D eigenvalue weighted by Crippen LogP contribution is 2.73. The van der Waals surface area contributed by atoms with Crippen molar-refractivity contribution in [1.82, 2.24) is 0 Å². The summed E-state index contributed by atoms with van der Waals surface area (Å²) in [5.41, 5.74) is -1.64. The Morgan fingerprint density at radius 1 is 1.08 bits per heavy atom. The number of esters is 1. The first-order valence-electron chi connectivity index (χ1n) is 13.5. The third-order valence-corrected chi connectivity index (χ3v) is 10.9. The van der Waals surface area contributed by atoms with Gasteiger partial charge in [-0.15, -0.1) is 0 Å². The molecule has 3 aliphatic heterocycles. The zero-order valence-electron chi connectivity index (χ0n) is 21.9. The topological polar surface area (TPSA) is 216 Å². The highest BCUT2D eigenvalue weighted by atomic mass is 16.7. The maximum absolute atomic E-state index is 12.7. The third-order valence-electron chi connectivity index (χ3n) is 10.9. The quantitative estimate of drug-likeness (QED) is 0.126. The van der Waals surface area contributed by atoms with E-state index >= 15 is 0 Å². The Hall–Kier alpha value is -1.23. The van der Waals surface area contributed by atoms with Crippen LogP contribution in [0, 0.1) is 34.5 Å². The standard InChI is InChI=1S/C26H38O13/c1-8-4-11(37-22-18(31)17(30)15(28)12(6-27)38-22)20(33)24(3)10(8)5-13-25-7-36-26(35,23(24)25)19(32)9(2)14(25)16(29)21(34)39-13/h4,9-20,22-23,27-33,35H,5-7H2,1-3H3/t9-,10+,11+,12-,13-,14-,15-,16-,17+,18-,19-,20-,22-,23-,24-,25+,26+/m1/s1. The van der Waals surface area contributed by atoms with Gasteiger partial charge < -0.3 is 59.8 Å². The summed E-state index contributed by atoms with van der Waals surface area (Å²) in [5.74, 6) is -5.92. The molecule has 0 aromatic rings. The number of aliphatic hydroxyl groups excluding tert-OH is 7. The first kappa shape index (κ1) is 27.9. The molecule has 0 aromatic heterocycles. The van der Waals surface area contributed by atoms with E-state index in [0.29, 0.717) is 0 Å². The van der Waals surface area contributed by atoms with Crippen molar-refractivity contribution in [2.75, 3.05) is 13.2 Å². The van der Waals surface area contributed by atoms with Crippen LogP contribution in [0.5, 0.6) is 0 Å². The van der Waals surface area contributed by atoms with Crippen LogP contribution in [0.25, 0.3) is 0 Å². The van der Waals surface area contributed by atoms with Crippen molar-refractivity contribution in [3.05, 3.63) is 11.6 Å². The van der Waals surface area contributed by atoms with Crippen LogP contribution in [-0.4, -0.2) is 127 Å². The Kier molecular flexibility index (Phi) is 6.36. The average molecular weight is 559 g/mol. The maximum atomic E-state index is 12.7. The van der Waals surface area contributed by atoms with E-state index in [4.69, 9.17) is 18.9 Å². The minimum absolute atomic E-state index is 0.106. The molecule has 8 N–H and O–H groups in total. The lowest BCUT2D eigenvalue weighted by Gasteiger charge is -2.68. The minimum Gasteiger partial charge on any atom is -0.460 e. The van der Waals surface area contributed by atoms with E-state index < -0.39 is 114 Å². The Balaban J connectivity index is 1.42. The molecule has 2 bridgehead atoms. The fraction of sp³-hybridized carbons (Fsp3) is 0.885. The SMILES string of the molecule is CC1=C[C@H](O[C@@H]2O[C@H](CO)[C@@H](O)[C@H](O)[C@H]2O)[C@@H](O)[C@]2(C)[C@H]3[C@@]4(O)OC[C@]35[C@H]([C@@H](C)[C@H]4O)[C@@H](O)C(=O)O[C@@H]5C[C@@H]12. The van der Waals surface area contributed by atoms with E-state index in [0.717, 1.165) is 5.57 Å². The highest BCUT2D eigenvalue weighted by Gasteiger charge is 2.83. The molecule has 13 nitrogen and oxygen atoms in total. The third kappa shape index (κ3) is 3.32. The van der Waals surface area contributed by atoms with Gasteiger partial charge in [-0.3, -0.25) is 0 Å². The van der Waals surface area contributed by atoms with Crippen LogP contribution in [0.1, 0.15) is 27.2 Å². The second-order valence-corrected chi connectivity index (χ2v) is 12.6. The second-order valence-electron chi connectivity index (χ2n) is 12.6. The molecule has 0 aromatic carbocycles. The number of allylic oxidation sites excluding steroid dienone is 1. The Labute approximate surface area is 224 Å². The summed E-state index contributed by atoms with van der Waals surface area (Å²) >= 11 is 0. The van der Waals surface area contributed by atoms with Crippen molar-refractivity contribution >= 4 is 5.97 Å². The molecule has 17 atom stereocenters. The Morgan fingerprint density at radius 2 is 1.77 bits per heavy atom. The molecule has 2 saturated carbocycles. The molecule has 3 aliphatic carbocycles. The predicted molar refractivity (Wildman–Crippen MR) is 126 cm³/mol. The van der Waals surface area contributed by atoms with E-state index in [2.05, 4.69) is 0 Å². The Morgan fingerprint density at radius 3 is 2.44 bits per heavy atom. The molecule has 220 valence electrons. The summed E-state index contributed by atoms with van der Waals surface area (Å²) < 4.78 is 23.2. The van der Waals surface area contributed by atoms with Crippen molar-refractivity contribution in [2.24, 2.45) is 34.5 Å². The van der Waals surface area contributed by atoms with Gasteiger partial charge in [-0.25, -0.2) is 4.79 Å². The molecule has 39 heavy (non-hydrogen) atoms. The van der Waals surface area contributed by atoms with Gasteiger partial charge in [-0.1, -0.05) is 25.5 Å². The number of ether oxygens (including phenoxy) is 4. The molecular formula is C26H38O13. The van der Waals surface area contributed by atoms with Gasteiger partial charge in [0.25, 0.3) is 0 Å². The zero-order chi connectivity index (χ0) is 28.4. The van der Waals surface area contributed by atoms with Gasteiger partial charge in [-0.2, -0.15) is 0 Å². The molecule has 0 unspecified atom stereocenters. The van der Waals surface area contributed by atoms with Crippen LogP contribution in [0.3, 0.4) is 0 Å². The van der Waals surface area contributed by atoms with Crippen LogP contribution in [0.15, 0.2) is 11.6 Å². The van der Waals surface area contributed by atoms with Gasteiger partial charge in [-0.05, 0) is 25.2 Å². The summed E-state index contributed by atoms with van der Waals surface area (Å²) in [6, 6.07) is 0. The number of aliphatic hydroxyl groups is 8. The molecule has 0 radical (unpaired) electrons. The second kappa shape index (κ2) is 8.88. The van der Waals surface area contributed by atoms with Crippen LogP contribution in [0.4, 0.5) is 0 Å². The molecule has 1 spiro atoms. The fourth-order valence-corrected chi connectivity index (χ4v) is 9.22. The lowest BCUT2D eigenvalue weighted by atomic mass is 9.38. The lowest BCUT2D eigenvalue weighted by molar-refractivity contribution is -0.354. The summed E-state index contributed by atoms with van der Waals surface area (Å²) in [4.78, 5) is 12.7. The van der Waals surface area contributed by atoms with Crippen molar-refractivity contribution in [3.8, 4) is 0 Å². The van der Waals surface area contributed by atoms with E-state index in [9.17, 15) is 45.6 Å². The average Bonchev–Trinajstić information content (AvgIpc) is 3.18. The van der Waals surface area contributed by atoms with Gasteiger partial charge in [0.1, 0.15) is 42.7 Å². The zero-order valence-corrected chi connectivity index (χ0v) is 21.9. The largest absolute Gasteiger partial charge is 0.460 e.